The van der Waals surface area contributed by atoms with Gasteiger partial charge in [-0.15, -0.1) is 0 Å². The number of carbonyl (C=O) groups excluding carboxylic acids is 1. The molecule has 0 spiro atoms. The molecule has 0 aromatic heterocycles. The van der Waals surface area contributed by atoms with Crippen LogP contribution in [-0.4, -0.2) is 34.2 Å². The average Bonchev–Trinajstić information content (AvgIpc) is 2.29. The molecular weight excluding hydrogens is 222 g/mol. The van der Waals surface area contributed by atoms with E-state index in [0.717, 1.165) is 5.56 Å². The van der Waals surface area contributed by atoms with Gasteiger partial charge in [-0.05, 0) is 12.5 Å². The second-order valence-electron chi connectivity index (χ2n) is 3.77. The van der Waals surface area contributed by atoms with Crippen molar-refractivity contribution in [3.8, 4) is 0 Å². The molecule has 2 atom stereocenters. The minimum absolute atomic E-state index is 0.189. The summed E-state index contributed by atoms with van der Waals surface area (Å²) in [5.41, 5.74) is 0.811. The summed E-state index contributed by atoms with van der Waals surface area (Å²) in [5.74, 6) is -1.81. The lowest BCUT2D eigenvalue weighted by Gasteiger charge is -2.15. The van der Waals surface area contributed by atoms with E-state index in [1.807, 2.05) is 6.07 Å². The smallest absolute Gasteiger partial charge is 0.326 e. The molecule has 0 fully saturated rings. The second-order valence-corrected chi connectivity index (χ2v) is 3.77. The Morgan fingerprint density at radius 1 is 1.29 bits per heavy atom. The standard InChI is InChI=1S/C12H15NO4/c1-8(14)11(15)13-10(12(16)17)7-9-5-3-2-4-6-9/h2-6,8,10,14H,7H2,1H3,(H,13,15)(H,16,17)/t8-,10-/m1/s1. The number of benzene rings is 1. The molecule has 5 nitrogen and oxygen atoms in total. The highest BCUT2D eigenvalue weighted by Crippen LogP contribution is 2.03. The Morgan fingerprint density at radius 2 is 1.88 bits per heavy atom. The highest BCUT2D eigenvalue weighted by molar-refractivity contribution is 5.86. The molecule has 0 heterocycles. The largest absolute Gasteiger partial charge is 0.480 e. The molecule has 0 saturated carbocycles. The lowest BCUT2D eigenvalue weighted by Crippen LogP contribution is -2.45. The van der Waals surface area contributed by atoms with Gasteiger partial charge in [0.2, 0.25) is 5.91 Å². The van der Waals surface area contributed by atoms with Crippen molar-refractivity contribution >= 4 is 11.9 Å². The fraction of sp³-hybridized carbons (Fsp3) is 0.333. The molecule has 0 bridgehead atoms. The third kappa shape index (κ3) is 4.24. The fourth-order valence-corrected chi connectivity index (χ4v) is 1.34. The molecule has 0 unspecified atom stereocenters. The zero-order valence-corrected chi connectivity index (χ0v) is 9.46. The van der Waals surface area contributed by atoms with Crippen LogP contribution in [0.5, 0.6) is 0 Å². The Morgan fingerprint density at radius 3 is 2.35 bits per heavy atom. The van der Waals surface area contributed by atoms with Crippen molar-refractivity contribution in [1.82, 2.24) is 5.32 Å². The van der Waals surface area contributed by atoms with Gasteiger partial charge in [0.25, 0.3) is 0 Å². The highest BCUT2D eigenvalue weighted by Gasteiger charge is 2.22. The minimum atomic E-state index is -1.22. The summed E-state index contributed by atoms with van der Waals surface area (Å²) in [4.78, 5) is 22.2. The number of nitrogens with one attached hydrogen (secondary N) is 1. The molecule has 1 amide bonds. The zero-order valence-electron chi connectivity index (χ0n) is 9.46. The Labute approximate surface area is 99.1 Å². The summed E-state index contributed by atoms with van der Waals surface area (Å²) < 4.78 is 0. The van der Waals surface area contributed by atoms with Gasteiger partial charge in [-0.25, -0.2) is 4.79 Å². The van der Waals surface area contributed by atoms with E-state index in [4.69, 9.17) is 10.2 Å². The number of aliphatic hydroxyl groups is 1. The average molecular weight is 237 g/mol. The zero-order chi connectivity index (χ0) is 12.8. The molecule has 0 radical (unpaired) electrons. The van der Waals surface area contributed by atoms with Crippen molar-refractivity contribution in [2.24, 2.45) is 0 Å². The lowest BCUT2D eigenvalue weighted by atomic mass is 10.1. The first kappa shape index (κ1) is 13.2. The molecule has 0 saturated heterocycles. The third-order valence-electron chi connectivity index (χ3n) is 2.28. The predicted molar refractivity (Wildman–Crippen MR) is 61.4 cm³/mol. The molecule has 0 aliphatic carbocycles. The molecule has 5 heteroatoms. The van der Waals surface area contributed by atoms with Gasteiger partial charge >= 0.3 is 5.97 Å². The van der Waals surface area contributed by atoms with Crippen LogP contribution in [0.1, 0.15) is 12.5 Å². The highest BCUT2D eigenvalue weighted by atomic mass is 16.4. The first-order chi connectivity index (χ1) is 8.00. The first-order valence-electron chi connectivity index (χ1n) is 5.26. The number of amides is 1. The van der Waals surface area contributed by atoms with Crippen molar-refractivity contribution in [2.45, 2.75) is 25.5 Å². The van der Waals surface area contributed by atoms with Gasteiger partial charge in [0, 0.05) is 6.42 Å². The normalized spacial score (nSPS) is 13.8. The van der Waals surface area contributed by atoms with Crippen molar-refractivity contribution in [2.75, 3.05) is 0 Å². The molecule has 17 heavy (non-hydrogen) atoms. The molecule has 3 N–H and O–H groups in total. The van der Waals surface area contributed by atoms with Crippen LogP contribution in [0.3, 0.4) is 0 Å². The van der Waals surface area contributed by atoms with Crippen molar-refractivity contribution in [1.29, 1.82) is 0 Å². The van der Waals surface area contributed by atoms with Gasteiger partial charge < -0.3 is 15.5 Å². The van der Waals surface area contributed by atoms with E-state index in [1.54, 1.807) is 24.3 Å². The molecule has 1 aromatic rings. The second kappa shape index (κ2) is 6.00. The molecular formula is C12H15NO4. The monoisotopic (exact) mass is 237 g/mol. The SMILES string of the molecule is C[C@@H](O)C(=O)N[C@H](Cc1ccccc1)C(=O)O. The minimum Gasteiger partial charge on any atom is -0.480 e. The van der Waals surface area contributed by atoms with E-state index in [9.17, 15) is 9.59 Å². The Bertz CT molecular complexity index is 389. The van der Waals surface area contributed by atoms with Gasteiger partial charge in [0.15, 0.2) is 0 Å². The van der Waals surface area contributed by atoms with E-state index in [0.29, 0.717) is 0 Å². The number of carboxylic acid groups (broad SMARTS) is 1. The third-order valence-corrected chi connectivity index (χ3v) is 2.28. The van der Waals surface area contributed by atoms with Crippen molar-refractivity contribution in [3.05, 3.63) is 35.9 Å². The number of carbonyl (C=O) groups is 2. The van der Waals surface area contributed by atoms with Crippen molar-refractivity contribution in [3.63, 3.8) is 0 Å². The Kier molecular flexibility index (Phi) is 4.66. The number of carboxylic acids is 1. The Balaban J connectivity index is 2.68. The molecule has 1 aromatic carbocycles. The number of hydrogen-bond acceptors (Lipinski definition) is 3. The summed E-state index contributed by atoms with van der Waals surface area (Å²) in [5, 5.41) is 20.3. The quantitative estimate of drug-likeness (QED) is 0.681. The molecule has 0 aliphatic rings. The maximum atomic E-state index is 11.2. The Hall–Kier alpha value is -1.88. The van der Waals surface area contributed by atoms with E-state index in [2.05, 4.69) is 5.32 Å². The topological polar surface area (TPSA) is 86.6 Å². The van der Waals surface area contributed by atoms with E-state index >= 15 is 0 Å². The maximum absolute atomic E-state index is 11.2. The lowest BCUT2D eigenvalue weighted by molar-refractivity contribution is -0.143. The van der Waals surface area contributed by atoms with Gasteiger partial charge in [-0.3, -0.25) is 4.79 Å². The maximum Gasteiger partial charge on any atom is 0.326 e. The van der Waals surface area contributed by atoms with Crippen LogP contribution >= 0.6 is 0 Å². The van der Waals surface area contributed by atoms with Gasteiger partial charge in [0.1, 0.15) is 12.1 Å². The number of rotatable bonds is 5. The molecule has 0 aliphatic heterocycles. The number of aliphatic hydroxyl groups excluding tert-OH is 1. The van der Waals surface area contributed by atoms with Crippen LogP contribution in [0.25, 0.3) is 0 Å². The van der Waals surface area contributed by atoms with Crippen LogP contribution in [0.2, 0.25) is 0 Å². The van der Waals surface area contributed by atoms with Crippen LogP contribution in [0.4, 0.5) is 0 Å². The van der Waals surface area contributed by atoms with Gasteiger partial charge in [-0.1, -0.05) is 30.3 Å². The van der Waals surface area contributed by atoms with E-state index < -0.39 is 24.0 Å². The first-order valence-corrected chi connectivity index (χ1v) is 5.26. The summed E-state index contributed by atoms with van der Waals surface area (Å²) in [6.45, 7) is 1.29. The number of hydrogen-bond donors (Lipinski definition) is 3. The van der Waals surface area contributed by atoms with Gasteiger partial charge in [0.05, 0.1) is 0 Å². The predicted octanol–water partition coefficient (Wildman–Crippen LogP) is 0.179. The molecule has 1 rings (SSSR count). The van der Waals surface area contributed by atoms with E-state index in [1.165, 1.54) is 6.92 Å². The van der Waals surface area contributed by atoms with Crippen LogP contribution in [0.15, 0.2) is 30.3 Å². The summed E-state index contributed by atoms with van der Waals surface area (Å²) >= 11 is 0. The number of aliphatic carboxylic acids is 1. The van der Waals surface area contributed by atoms with Crippen LogP contribution in [-0.2, 0) is 16.0 Å². The van der Waals surface area contributed by atoms with Gasteiger partial charge in [-0.2, -0.15) is 0 Å². The summed E-state index contributed by atoms with van der Waals surface area (Å²) in [6, 6.07) is 7.96. The molecule has 92 valence electrons. The summed E-state index contributed by atoms with van der Waals surface area (Å²) in [7, 11) is 0. The van der Waals surface area contributed by atoms with Crippen molar-refractivity contribution < 1.29 is 19.8 Å². The summed E-state index contributed by atoms with van der Waals surface area (Å²) in [6.07, 6.45) is -1.03. The van der Waals surface area contributed by atoms with Crippen LogP contribution < -0.4 is 5.32 Å². The van der Waals surface area contributed by atoms with E-state index in [-0.39, 0.29) is 6.42 Å². The van der Waals surface area contributed by atoms with Crippen LogP contribution in [0, 0.1) is 0 Å². The fourth-order valence-electron chi connectivity index (χ4n) is 1.34.